The van der Waals surface area contributed by atoms with E-state index in [0.29, 0.717) is 10.8 Å². The van der Waals surface area contributed by atoms with E-state index in [1.807, 2.05) is 54.6 Å². The van der Waals surface area contributed by atoms with Gasteiger partial charge in [-0.15, -0.1) is 0 Å². The number of pyridine rings is 1. The van der Waals surface area contributed by atoms with Crippen LogP contribution in [0.5, 0.6) is 0 Å². The maximum Gasteiger partial charge on any atom is 0.244 e. The molecule has 0 aliphatic rings. The van der Waals surface area contributed by atoms with Crippen LogP contribution in [0.1, 0.15) is 11.6 Å². The van der Waals surface area contributed by atoms with Crippen LogP contribution in [0.15, 0.2) is 67.0 Å². The third-order valence-electron chi connectivity index (χ3n) is 4.31. The molecule has 0 bridgehead atoms. The number of aromatic nitrogens is 3. The zero-order valence-corrected chi connectivity index (χ0v) is 14.9. The predicted octanol–water partition coefficient (Wildman–Crippen LogP) is 3.92. The van der Waals surface area contributed by atoms with Crippen molar-refractivity contribution in [3.05, 3.63) is 77.7 Å². The molecule has 4 rings (SSSR count). The number of hydrogen-bond acceptors (Lipinski definition) is 4. The zero-order chi connectivity index (χ0) is 18.8. The largest absolute Gasteiger partial charge is 0.369 e. The summed E-state index contributed by atoms with van der Waals surface area (Å²) in [5.41, 5.74) is 9.69. The van der Waals surface area contributed by atoms with Gasteiger partial charge < -0.3 is 11.1 Å². The molecule has 134 valence electrons. The first-order chi connectivity index (χ1) is 13.1. The van der Waals surface area contributed by atoms with Crippen LogP contribution in [0.25, 0.3) is 22.0 Å². The summed E-state index contributed by atoms with van der Waals surface area (Å²) in [6, 6.07) is 16.4. The number of carbonyl (C=O) groups excluding carboxylic acids is 1. The lowest BCUT2D eigenvalue weighted by molar-refractivity contribution is -0.118. The summed E-state index contributed by atoms with van der Waals surface area (Å²) in [7, 11) is 0. The Hall–Kier alpha value is -3.38. The average molecular weight is 378 g/mol. The van der Waals surface area contributed by atoms with Gasteiger partial charge in [0, 0.05) is 17.1 Å². The molecule has 1 atom stereocenters. The van der Waals surface area contributed by atoms with E-state index in [2.05, 4.69) is 20.5 Å². The number of nitrogens with zero attached hydrogens (tertiary/aromatic N) is 2. The predicted molar refractivity (Wildman–Crippen MR) is 106 cm³/mol. The lowest BCUT2D eigenvalue weighted by atomic mass is 10.0. The molecule has 4 N–H and O–H groups in total. The second-order valence-corrected chi connectivity index (χ2v) is 6.50. The molecule has 0 spiro atoms. The first kappa shape index (κ1) is 17.1. The lowest BCUT2D eigenvalue weighted by Gasteiger charge is -2.17. The SMILES string of the molecule is NC(=O)[C@H](Nc1cncc(-c2ccc3n[nH]c(Cl)c3c2)c1)c1ccccc1. The molecule has 0 saturated heterocycles. The quantitative estimate of drug-likeness (QED) is 0.491. The molecule has 2 heterocycles. The van der Waals surface area contributed by atoms with Crippen LogP contribution in [0.2, 0.25) is 5.15 Å². The van der Waals surface area contributed by atoms with Crippen LogP contribution in [-0.4, -0.2) is 21.1 Å². The van der Waals surface area contributed by atoms with Crippen molar-refractivity contribution in [1.29, 1.82) is 0 Å². The Balaban J connectivity index is 1.67. The maximum absolute atomic E-state index is 11.9. The number of hydrogen-bond donors (Lipinski definition) is 3. The van der Waals surface area contributed by atoms with E-state index in [1.165, 1.54) is 0 Å². The Labute approximate surface area is 160 Å². The molecule has 4 aromatic rings. The Morgan fingerprint density at radius 1 is 1.07 bits per heavy atom. The highest BCUT2D eigenvalue weighted by atomic mass is 35.5. The summed E-state index contributed by atoms with van der Waals surface area (Å²) < 4.78 is 0. The van der Waals surface area contributed by atoms with Gasteiger partial charge in [0.1, 0.15) is 11.2 Å². The van der Waals surface area contributed by atoms with Crippen LogP contribution in [-0.2, 0) is 4.79 Å². The Kier molecular flexibility index (Phi) is 4.48. The summed E-state index contributed by atoms with van der Waals surface area (Å²) in [4.78, 5) is 16.2. The highest BCUT2D eigenvalue weighted by Crippen LogP contribution is 2.29. The van der Waals surface area contributed by atoms with E-state index < -0.39 is 11.9 Å². The van der Waals surface area contributed by atoms with Crippen molar-refractivity contribution < 1.29 is 4.79 Å². The monoisotopic (exact) mass is 377 g/mol. The normalized spacial score (nSPS) is 12.0. The minimum Gasteiger partial charge on any atom is -0.369 e. The number of nitrogens with one attached hydrogen (secondary N) is 2. The topological polar surface area (TPSA) is 96.7 Å². The van der Waals surface area contributed by atoms with Crippen LogP contribution in [0.4, 0.5) is 5.69 Å². The van der Waals surface area contributed by atoms with Gasteiger partial charge in [0.15, 0.2) is 0 Å². The summed E-state index contributed by atoms with van der Waals surface area (Å²) in [6.45, 7) is 0. The number of halogens is 1. The number of benzene rings is 2. The van der Waals surface area contributed by atoms with E-state index in [9.17, 15) is 4.79 Å². The molecule has 1 amide bonds. The van der Waals surface area contributed by atoms with Crippen molar-refractivity contribution in [2.24, 2.45) is 5.73 Å². The van der Waals surface area contributed by atoms with Gasteiger partial charge in [-0.3, -0.25) is 14.9 Å². The van der Waals surface area contributed by atoms with E-state index >= 15 is 0 Å². The van der Waals surface area contributed by atoms with Crippen molar-refractivity contribution in [2.75, 3.05) is 5.32 Å². The summed E-state index contributed by atoms with van der Waals surface area (Å²) >= 11 is 6.14. The standard InChI is InChI=1S/C20H16ClN5O/c21-19-16-9-13(6-7-17(16)25-26-19)14-8-15(11-23-10-14)24-18(20(22)27)12-4-2-1-3-5-12/h1-11,18,24H,(H2,22,27)(H,25,26)/t18-/m1/s1. The number of anilines is 1. The molecule has 0 fully saturated rings. The van der Waals surface area contributed by atoms with Crippen molar-refractivity contribution in [3.8, 4) is 11.1 Å². The van der Waals surface area contributed by atoms with Gasteiger partial charge in [0.05, 0.1) is 17.4 Å². The van der Waals surface area contributed by atoms with Crippen molar-refractivity contribution >= 4 is 34.1 Å². The second kappa shape index (κ2) is 7.09. The third kappa shape index (κ3) is 3.47. The Morgan fingerprint density at radius 3 is 2.67 bits per heavy atom. The molecule has 0 saturated carbocycles. The van der Waals surface area contributed by atoms with Crippen LogP contribution >= 0.6 is 11.6 Å². The number of nitrogens with two attached hydrogens (primary N) is 1. The van der Waals surface area contributed by atoms with Gasteiger partial charge in [0.2, 0.25) is 5.91 Å². The van der Waals surface area contributed by atoms with E-state index in [-0.39, 0.29) is 0 Å². The van der Waals surface area contributed by atoms with Crippen molar-refractivity contribution in [1.82, 2.24) is 15.2 Å². The third-order valence-corrected chi connectivity index (χ3v) is 4.60. The fourth-order valence-corrected chi connectivity index (χ4v) is 3.16. The molecule has 2 aromatic carbocycles. The van der Waals surface area contributed by atoms with Gasteiger partial charge >= 0.3 is 0 Å². The highest BCUT2D eigenvalue weighted by Gasteiger charge is 2.17. The van der Waals surface area contributed by atoms with E-state index in [1.54, 1.807) is 12.4 Å². The van der Waals surface area contributed by atoms with Gasteiger partial charge in [-0.2, -0.15) is 5.10 Å². The molecule has 0 radical (unpaired) electrons. The molecule has 7 heteroatoms. The Bertz CT molecular complexity index is 1110. The van der Waals surface area contributed by atoms with E-state index in [0.717, 1.165) is 27.6 Å². The van der Waals surface area contributed by atoms with Gasteiger partial charge in [0.25, 0.3) is 0 Å². The summed E-state index contributed by atoms with van der Waals surface area (Å²) in [6.07, 6.45) is 3.41. The number of fused-ring (bicyclic) bond motifs is 1. The molecule has 0 aliphatic heterocycles. The minimum absolute atomic E-state index is 0.460. The van der Waals surface area contributed by atoms with Crippen LogP contribution in [0, 0.1) is 0 Å². The number of primary amides is 1. The molecule has 27 heavy (non-hydrogen) atoms. The Morgan fingerprint density at radius 2 is 1.89 bits per heavy atom. The molecular weight excluding hydrogens is 362 g/mol. The van der Waals surface area contributed by atoms with Crippen LogP contribution < -0.4 is 11.1 Å². The van der Waals surface area contributed by atoms with Crippen LogP contribution in [0.3, 0.4) is 0 Å². The molecule has 0 unspecified atom stereocenters. The molecule has 6 nitrogen and oxygen atoms in total. The first-order valence-electron chi connectivity index (χ1n) is 8.31. The van der Waals surface area contributed by atoms with Gasteiger partial charge in [-0.05, 0) is 29.3 Å². The number of carbonyl (C=O) groups is 1. The summed E-state index contributed by atoms with van der Waals surface area (Å²) in [5.74, 6) is -0.460. The smallest absolute Gasteiger partial charge is 0.244 e. The molecule has 2 aromatic heterocycles. The van der Waals surface area contributed by atoms with Gasteiger partial charge in [-0.1, -0.05) is 48.0 Å². The molecular formula is C20H16ClN5O. The lowest BCUT2D eigenvalue weighted by Crippen LogP contribution is -2.27. The molecule has 0 aliphatic carbocycles. The zero-order valence-electron chi connectivity index (χ0n) is 14.2. The number of aromatic amines is 1. The number of H-pyrrole nitrogens is 1. The average Bonchev–Trinajstić information content (AvgIpc) is 3.07. The fourth-order valence-electron chi connectivity index (χ4n) is 2.97. The van der Waals surface area contributed by atoms with E-state index in [4.69, 9.17) is 17.3 Å². The summed E-state index contributed by atoms with van der Waals surface area (Å²) in [5, 5.41) is 11.4. The van der Waals surface area contributed by atoms with Gasteiger partial charge in [-0.25, -0.2) is 0 Å². The number of amides is 1. The van der Waals surface area contributed by atoms with Crippen molar-refractivity contribution in [2.45, 2.75) is 6.04 Å². The second-order valence-electron chi connectivity index (χ2n) is 6.12. The van der Waals surface area contributed by atoms with Crippen molar-refractivity contribution in [3.63, 3.8) is 0 Å². The highest BCUT2D eigenvalue weighted by molar-refractivity contribution is 6.34. The maximum atomic E-state index is 11.9. The fraction of sp³-hybridized carbons (Fsp3) is 0.0500. The first-order valence-corrected chi connectivity index (χ1v) is 8.69. The minimum atomic E-state index is -0.644. The number of rotatable bonds is 5.